The molecule has 0 aliphatic heterocycles. The van der Waals surface area contributed by atoms with Gasteiger partial charge in [0.05, 0.1) is 5.69 Å². The Kier molecular flexibility index (Phi) is 3.74. The summed E-state index contributed by atoms with van der Waals surface area (Å²) >= 11 is 0. The maximum Gasteiger partial charge on any atom is 0.246 e. The normalized spacial score (nSPS) is 10.3. The zero-order chi connectivity index (χ0) is 13.0. The first-order valence-electron chi connectivity index (χ1n) is 5.76. The van der Waals surface area contributed by atoms with Crippen LogP contribution < -0.4 is 11.1 Å². The zero-order valence-corrected chi connectivity index (χ0v) is 10.3. The third-order valence-electron chi connectivity index (χ3n) is 2.53. The standard InChI is InChI=1S/C13H16N4O/c1-10-5-6-17(16-10)9-13(18)15-12-4-2-3-11(7-12)8-14/h2-7H,8-9,14H2,1H3,(H,15,18). The van der Waals surface area contributed by atoms with Gasteiger partial charge in [-0.15, -0.1) is 0 Å². The molecule has 0 aliphatic rings. The number of hydrogen-bond acceptors (Lipinski definition) is 3. The van der Waals surface area contributed by atoms with Gasteiger partial charge in [-0.05, 0) is 30.7 Å². The van der Waals surface area contributed by atoms with E-state index in [1.807, 2.05) is 37.3 Å². The van der Waals surface area contributed by atoms with E-state index in [1.165, 1.54) is 0 Å². The Bertz CT molecular complexity index is 547. The Morgan fingerprint density at radius 3 is 2.94 bits per heavy atom. The van der Waals surface area contributed by atoms with Crippen molar-refractivity contribution in [2.24, 2.45) is 5.73 Å². The zero-order valence-electron chi connectivity index (χ0n) is 10.3. The van der Waals surface area contributed by atoms with Crippen molar-refractivity contribution in [2.45, 2.75) is 20.0 Å². The maximum absolute atomic E-state index is 11.8. The molecule has 1 aromatic carbocycles. The quantitative estimate of drug-likeness (QED) is 0.851. The molecule has 0 radical (unpaired) electrons. The summed E-state index contributed by atoms with van der Waals surface area (Å²) in [5.74, 6) is -0.104. The molecule has 18 heavy (non-hydrogen) atoms. The largest absolute Gasteiger partial charge is 0.326 e. The van der Waals surface area contributed by atoms with Crippen LogP contribution in [-0.2, 0) is 17.9 Å². The summed E-state index contributed by atoms with van der Waals surface area (Å²) in [5, 5.41) is 6.98. The number of aromatic nitrogens is 2. The third kappa shape index (κ3) is 3.18. The molecule has 0 atom stereocenters. The van der Waals surface area contributed by atoms with Crippen LogP contribution in [0.1, 0.15) is 11.3 Å². The number of hydrogen-bond donors (Lipinski definition) is 2. The van der Waals surface area contributed by atoms with Crippen LogP contribution in [0.4, 0.5) is 5.69 Å². The van der Waals surface area contributed by atoms with Gasteiger partial charge in [0.25, 0.3) is 0 Å². The van der Waals surface area contributed by atoms with Crippen molar-refractivity contribution in [2.75, 3.05) is 5.32 Å². The molecular formula is C13H16N4O. The SMILES string of the molecule is Cc1ccn(CC(=O)Nc2cccc(CN)c2)n1. The van der Waals surface area contributed by atoms with Crippen molar-refractivity contribution in [3.05, 3.63) is 47.8 Å². The van der Waals surface area contributed by atoms with Crippen molar-refractivity contribution in [1.29, 1.82) is 0 Å². The monoisotopic (exact) mass is 244 g/mol. The van der Waals surface area contributed by atoms with Crippen LogP contribution in [-0.4, -0.2) is 15.7 Å². The molecule has 0 aliphatic carbocycles. The van der Waals surface area contributed by atoms with E-state index in [0.717, 1.165) is 16.9 Å². The van der Waals surface area contributed by atoms with Crippen molar-refractivity contribution >= 4 is 11.6 Å². The lowest BCUT2D eigenvalue weighted by Gasteiger charge is -2.06. The molecule has 5 nitrogen and oxygen atoms in total. The minimum atomic E-state index is -0.104. The summed E-state index contributed by atoms with van der Waals surface area (Å²) in [4.78, 5) is 11.8. The molecule has 2 aromatic rings. The van der Waals surface area contributed by atoms with Gasteiger partial charge in [-0.3, -0.25) is 9.48 Å². The van der Waals surface area contributed by atoms with E-state index in [4.69, 9.17) is 5.73 Å². The molecule has 0 unspecified atom stereocenters. The van der Waals surface area contributed by atoms with Crippen molar-refractivity contribution < 1.29 is 4.79 Å². The molecule has 3 N–H and O–H groups in total. The van der Waals surface area contributed by atoms with Gasteiger partial charge in [0.2, 0.25) is 5.91 Å². The van der Waals surface area contributed by atoms with Crippen LogP contribution in [0.25, 0.3) is 0 Å². The lowest BCUT2D eigenvalue weighted by molar-refractivity contribution is -0.116. The highest BCUT2D eigenvalue weighted by atomic mass is 16.2. The molecule has 0 saturated heterocycles. The van der Waals surface area contributed by atoms with Crippen molar-refractivity contribution in [3.8, 4) is 0 Å². The van der Waals surface area contributed by atoms with E-state index < -0.39 is 0 Å². The molecule has 1 heterocycles. The predicted octanol–water partition coefficient (Wildman–Crippen LogP) is 1.29. The molecule has 1 amide bonds. The highest BCUT2D eigenvalue weighted by Gasteiger charge is 2.04. The Morgan fingerprint density at radius 2 is 2.28 bits per heavy atom. The molecule has 2 rings (SSSR count). The lowest BCUT2D eigenvalue weighted by Crippen LogP contribution is -2.19. The first kappa shape index (κ1) is 12.3. The van der Waals surface area contributed by atoms with E-state index in [1.54, 1.807) is 10.9 Å². The van der Waals surface area contributed by atoms with Gasteiger partial charge in [-0.1, -0.05) is 12.1 Å². The van der Waals surface area contributed by atoms with Crippen molar-refractivity contribution in [1.82, 2.24) is 9.78 Å². The van der Waals surface area contributed by atoms with Crippen LogP contribution in [0.5, 0.6) is 0 Å². The molecule has 0 fully saturated rings. The summed E-state index contributed by atoms with van der Waals surface area (Å²) in [6, 6.07) is 9.36. The van der Waals surface area contributed by atoms with E-state index in [9.17, 15) is 4.79 Å². The topological polar surface area (TPSA) is 72.9 Å². The van der Waals surface area contributed by atoms with E-state index >= 15 is 0 Å². The molecular weight excluding hydrogens is 228 g/mol. The second-order valence-electron chi connectivity index (χ2n) is 4.11. The van der Waals surface area contributed by atoms with Gasteiger partial charge in [0.15, 0.2) is 0 Å². The van der Waals surface area contributed by atoms with Gasteiger partial charge < -0.3 is 11.1 Å². The number of carbonyl (C=O) groups excluding carboxylic acids is 1. The number of rotatable bonds is 4. The summed E-state index contributed by atoms with van der Waals surface area (Å²) < 4.78 is 1.61. The Labute approximate surface area is 106 Å². The van der Waals surface area contributed by atoms with E-state index in [0.29, 0.717) is 6.54 Å². The molecule has 5 heteroatoms. The number of anilines is 1. The number of aryl methyl sites for hydroxylation is 1. The Balaban J connectivity index is 1.98. The van der Waals surface area contributed by atoms with Crippen molar-refractivity contribution in [3.63, 3.8) is 0 Å². The smallest absolute Gasteiger partial charge is 0.246 e. The highest BCUT2D eigenvalue weighted by molar-refractivity contribution is 5.90. The van der Waals surface area contributed by atoms with Gasteiger partial charge in [0.1, 0.15) is 6.54 Å². The second-order valence-corrected chi connectivity index (χ2v) is 4.11. The first-order chi connectivity index (χ1) is 8.67. The average molecular weight is 244 g/mol. The highest BCUT2D eigenvalue weighted by Crippen LogP contribution is 2.10. The van der Waals surface area contributed by atoms with Gasteiger partial charge in [-0.2, -0.15) is 5.10 Å². The number of amides is 1. The molecule has 0 spiro atoms. The second kappa shape index (κ2) is 5.46. The first-order valence-corrected chi connectivity index (χ1v) is 5.76. The predicted molar refractivity (Wildman–Crippen MR) is 69.9 cm³/mol. The fraction of sp³-hybridized carbons (Fsp3) is 0.231. The van der Waals surface area contributed by atoms with Gasteiger partial charge in [0, 0.05) is 18.4 Å². The van der Waals surface area contributed by atoms with Crippen LogP contribution in [0.15, 0.2) is 36.5 Å². The number of nitrogens with one attached hydrogen (secondary N) is 1. The maximum atomic E-state index is 11.8. The number of nitrogens with two attached hydrogens (primary N) is 1. The molecule has 0 bridgehead atoms. The minimum absolute atomic E-state index is 0.104. The molecule has 0 saturated carbocycles. The number of benzene rings is 1. The summed E-state index contributed by atoms with van der Waals surface area (Å²) in [6.07, 6.45) is 1.78. The molecule has 94 valence electrons. The van der Waals surface area contributed by atoms with E-state index in [2.05, 4.69) is 10.4 Å². The number of carbonyl (C=O) groups is 1. The fourth-order valence-corrected chi connectivity index (χ4v) is 1.67. The van der Waals surface area contributed by atoms with Crippen LogP contribution in [0, 0.1) is 6.92 Å². The van der Waals surface area contributed by atoms with Gasteiger partial charge in [-0.25, -0.2) is 0 Å². The summed E-state index contributed by atoms with van der Waals surface area (Å²) in [5.41, 5.74) is 8.19. The number of nitrogens with zero attached hydrogens (tertiary/aromatic N) is 2. The Hall–Kier alpha value is -2.14. The van der Waals surface area contributed by atoms with Crippen LogP contribution >= 0.6 is 0 Å². The fourth-order valence-electron chi connectivity index (χ4n) is 1.67. The Morgan fingerprint density at radius 1 is 1.44 bits per heavy atom. The van der Waals surface area contributed by atoms with E-state index in [-0.39, 0.29) is 12.5 Å². The average Bonchev–Trinajstić information content (AvgIpc) is 2.74. The minimum Gasteiger partial charge on any atom is -0.326 e. The van der Waals surface area contributed by atoms with Crippen LogP contribution in [0.3, 0.4) is 0 Å². The van der Waals surface area contributed by atoms with Gasteiger partial charge >= 0.3 is 0 Å². The lowest BCUT2D eigenvalue weighted by atomic mass is 10.2. The summed E-state index contributed by atoms with van der Waals surface area (Å²) in [6.45, 7) is 2.56. The van der Waals surface area contributed by atoms with Crippen LogP contribution in [0.2, 0.25) is 0 Å². The molecule has 1 aromatic heterocycles. The third-order valence-corrected chi connectivity index (χ3v) is 2.53. The summed E-state index contributed by atoms with van der Waals surface area (Å²) in [7, 11) is 0.